The normalized spacial score (nSPS) is 10.8. The van der Waals surface area contributed by atoms with Gasteiger partial charge in [0, 0.05) is 0 Å². The van der Waals surface area contributed by atoms with Gasteiger partial charge in [-0.2, -0.15) is 0 Å². The van der Waals surface area contributed by atoms with Gasteiger partial charge in [0.15, 0.2) is 4.47 Å². The van der Waals surface area contributed by atoms with Crippen LogP contribution in [0.15, 0.2) is 12.1 Å². The van der Waals surface area contributed by atoms with Gasteiger partial charge in [-0.1, -0.05) is 11.6 Å². The molecule has 2 rings (SSSR count). The largest absolute Gasteiger partial charge is 0.508 e. The average molecular weight is 200 g/mol. The lowest BCUT2D eigenvalue weighted by atomic mass is 10.2. The van der Waals surface area contributed by atoms with Gasteiger partial charge in [0.05, 0.1) is 10.2 Å². The van der Waals surface area contributed by atoms with Crippen LogP contribution in [0.25, 0.3) is 10.2 Å². The van der Waals surface area contributed by atoms with Crippen molar-refractivity contribution in [2.24, 2.45) is 0 Å². The average Bonchev–Trinajstić information content (AvgIpc) is 2.29. The summed E-state index contributed by atoms with van der Waals surface area (Å²) in [5.74, 6) is 0.264. The first-order valence-corrected chi connectivity index (χ1v) is 4.62. The zero-order chi connectivity index (χ0) is 8.72. The van der Waals surface area contributed by atoms with Gasteiger partial charge in [-0.05, 0) is 24.6 Å². The number of phenolic OH excluding ortho intramolecular Hbond substituents is 1. The Balaban J connectivity index is 2.88. The van der Waals surface area contributed by atoms with Gasteiger partial charge in [0.2, 0.25) is 0 Å². The standard InChI is InChI=1S/C8H6ClNOS/c1-4-2-5(11)3-6-7(4)10-8(9)12-6/h2-3,11H,1H3. The molecule has 0 fully saturated rings. The van der Waals surface area contributed by atoms with Crippen molar-refractivity contribution in [3.8, 4) is 5.75 Å². The summed E-state index contributed by atoms with van der Waals surface area (Å²) < 4.78 is 1.44. The minimum absolute atomic E-state index is 0.264. The maximum Gasteiger partial charge on any atom is 0.184 e. The molecular formula is C8H6ClNOS. The number of rotatable bonds is 0. The molecule has 0 unspecified atom stereocenters. The number of phenols is 1. The highest BCUT2D eigenvalue weighted by Gasteiger charge is 2.05. The van der Waals surface area contributed by atoms with Crippen LogP contribution in [0.1, 0.15) is 5.56 Å². The number of aromatic hydroxyl groups is 1. The molecule has 1 heterocycles. The third kappa shape index (κ3) is 1.15. The number of aryl methyl sites for hydroxylation is 1. The summed E-state index contributed by atoms with van der Waals surface area (Å²) in [5, 5.41) is 9.26. The van der Waals surface area contributed by atoms with Gasteiger partial charge < -0.3 is 5.11 Å². The number of nitrogens with zero attached hydrogens (tertiary/aromatic N) is 1. The van der Waals surface area contributed by atoms with Gasteiger partial charge in [-0.25, -0.2) is 4.98 Å². The number of fused-ring (bicyclic) bond motifs is 1. The van der Waals surface area contributed by atoms with Gasteiger partial charge in [0.25, 0.3) is 0 Å². The fourth-order valence-corrected chi connectivity index (χ4v) is 2.29. The van der Waals surface area contributed by atoms with Crippen molar-refractivity contribution >= 4 is 33.2 Å². The highest BCUT2D eigenvalue weighted by atomic mass is 35.5. The maximum absolute atomic E-state index is 9.26. The Bertz CT molecular complexity index is 438. The molecule has 0 saturated carbocycles. The van der Waals surface area contributed by atoms with E-state index in [2.05, 4.69) is 4.98 Å². The predicted octanol–water partition coefficient (Wildman–Crippen LogP) is 2.96. The number of hydrogen-bond acceptors (Lipinski definition) is 3. The van der Waals surface area contributed by atoms with E-state index >= 15 is 0 Å². The lowest BCUT2D eigenvalue weighted by Gasteiger charge is -1.94. The van der Waals surface area contributed by atoms with Crippen LogP contribution in [0.5, 0.6) is 5.75 Å². The van der Waals surface area contributed by atoms with E-state index in [9.17, 15) is 5.11 Å². The Labute approximate surface area is 78.4 Å². The quantitative estimate of drug-likeness (QED) is 0.708. The predicted molar refractivity (Wildman–Crippen MR) is 51.0 cm³/mol. The molecule has 0 spiro atoms. The van der Waals surface area contributed by atoms with Crippen molar-refractivity contribution in [3.63, 3.8) is 0 Å². The van der Waals surface area contributed by atoms with E-state index in [0.29, 0.717) is 4.47 Å². The van der Waals surface area contributed by atoms with Crippen LogP contribution in [-0.2, 0) is 0 Å². The molecule has 1 N–H and O–H groups in total. The molecule has 2 nitrogen and oxygen atoms in total. The number of hydrogen-bond donors (Lipinski definition) is 1. The summed E-state index contributed by atoms with van der Waals surface area (Å²) in [5.41, 5.74) is 1.83. The molecule has 0 bridgehead atoms. The van der Waals surface area contributed by atoms with E-state index in [-0.39, 0.29) is 5.75 Å². The molecular weight excluding hydrogens is 194 g/mol. The molecule has 2 aromatic rings. The summed E-state index contributed by atoms with van der Waals surface area (Å²) in [4.78, 5) is 4.13. The third-order valence-electron chi connectivity index (χ3n) is 1.64. The third-order valence-corrected chi connectivity index (χ3v) is 2.75. The van der Waals surface area contributed by atoms with Crippen molar-refractivity contribution in [2.75, 3.05) is 0 Å². The topological polar surface area (TPSA) is 33.1 Å². The molecule has 0 aliphatic heterocycles. The molecule has 4 heteroatoms. The Kier molecular flexibility index (Phi) is 1.70. The SMILES string of the molecule is Cc1cc(O)cc2sc(Cl)nc12. The maximum atomic E-state index is 9.26. The molecule has 62 valence electrons. The van der Waals surface area contributed by atoms with Crippen LogP contribution >= 0.6 is 22.9 Å². The van der Waals surface area contributed by atoms with Crippen molar-refractivity contribution in [2.45, 2.75) is 6.92 Å². The Morgan fingerprint density at radius 3 is 3.00 bits per heavy atom. The molecule has 1 aromatic carbocycles. The van der Waals surface area contributed by atoms with E-state index in [1.165, 1.54) is 11.3 Å². The number of aromatic nitrogens is 1. The first-order valence-electron chi connectivity index (χ1n) is 3.42. The second-order valence-corrected chi connectivity index (χ2v) is 4.19. The van der Waals surface area contributed by atoms with Gasteiger partial charge in [-0.15, -0.1) is 11.3 Å². The van der Waals surface area contributed by atoms with Crippen molar-refractivity contribution in [1.82, 2.24) is 4.98 Å². The van der Waals surface area contributed by atoms with E-state index in [4.69, 9.17) is 11.6 Å². The molecule has 0 atom stereocenters. The lowest BCUT2D eigenvalue weighted by Crippen LogP contribution is -1.75. The molecule has 1 aromatic heterocycles. The minimum atomic E-state index is 0.264. The Morgan fingerprint density at radius 1 is 1.50 bits per heavy atom. The lowest BCUT2D eigenvalue weighted by molar-refractivity contribution is 0.476. The van der Waals surface area contributed by atoms with E-state index in [1.807, 2.05) is 6.92 Å². The van der Waals surface area contributed by atoms with Gasteiger partial charge in [-0.3, -0.25) is 0 Å². The molecule has 0 saturated heterocycles. The zero-order valence-electron chi connectivity index (χ0n) is 6.34. The van der Waals surface area contributed by atoms with Crippen molar-refractivity contribution in [1.29, 1.82) is 0 Å². The Morgan fingerprint density at radius 2 is 2.25 bits per heavy atom. The molecule has 12 heavy (non-hydrogen) atoms. The van der Waals surface area contributed by atoms with Crippen molar-refractivity contribution < 1.29 is 5.11 Å². The second-order valence-electron chi connectivity index (χ2n) is 2.58. The summed E-state index contributed by atoms with van der Waals surface area (Å²) in [6.07, 6.45) is 0. The van der Waals surface area contributed by atoms with Crippen LogP contribution in [0, 0.1) is 6.92 Å². The second kappa shape index (κ2) is 2.61. The Hall–Kier alpha value is -0.800. The molecule has 0 aliphatic carbocycles. The monoisotopic (exact) mass is 199 g/mol. The minimum Gasteiger partial charge on any atom is -0.508 e. The smallest absolute Gasteiger partial charge is 0.184 e. The fraction of sp³-hybridized carbons (Fsp3) is 0.125. The van der Waals surface area contributed by atoms with Crippen molar-refractivity contribution in [3.05, 3.63) is 22.2 Å². The fourth-order valence-electron chi connectivity index (χ4n) is 1.15. The molecule has 0 amide bonds. The van der Waals surface area contributed by atoms with Crippen LogP contribution in [0.3, 0.4) is 0 Å². The van der Waals surface area contributed by atoms with Gasteiger partial charge in [0.1, 0.15) is 5.75 Å². The zero-order valence-corrected chi connectivity index (χ0v) is 7.91. The van der Waals surface area contributed by atoms with Crippen LogP contribution < -0.4 is 0 Å². The van der Waals surface area contributed by atoms with Crippen LogP contribution in [0.2, 0.25) is 4.47 Å². The summed E-state index contributed by atoms with van der Waals surface area (Å²) in [6.45, 7) is 1.90. The first kappa shape index (κ1) is 7.83. The highest BCUT2D eigenvalue weighted by molar-refractivity contribution is 7.22. The van der Waals surface area contributed by atoms with E-state index < -0.39 is 0 Å². The highest BCUT2D eigenvalue weighted by Crippen LogP contribution is 2.30. The summed E-state index contributed by atoms with van der Waals surface area (Å²) in [6, 6.07) is 3.35. The van der Waals surface area contributed by atoms with Crippen LogP contribution in [-0.4, -0.2) is 10.1 Å². The summed E-state index contributed by atoms with van der Waals surface area (Å²) in [7, 11) is 0. The van der Waals surface area contributed by atoms with Crippen LogP contribution in [0.4, 0.5) is 0 Å². The van der Waals surface area contributed by atoms with Gasteiger partial charge >= 0.3 is 0 Å². The summed E-state index contributed by atoms with van der Waals surface area (Å²) >= 11 is 7.11. The van der Waals surface area contributed by atoms with E-state index in [1.54, 1.807) is 12.1 Å². The van der Waals surface area contributed by atoms with E-state index in [0.717, 1.165) is 15.8 Å². The number of benzene rings is 1. The molecule has 0 radical (unpaired) electrons. The first-order chi connectivity index (χ1) is 5.66. The number of thiazole rings is 1. The molecule has 0 aliphatic rings. The number of halogens is 1.